The van der Waals surface area contributed by atoms with E-state index < -0.39 is 0 Å². The van der Waals surface area contributed by atoms with Crippen molar-refractivity contribution < 1.29 is 14.3 Å². The van der Waals surface area contributed by atoms with Gasteiger partial charge in [-0.3, -0.25) is 4.79 Å². The Morgan fingerprint density at radius 1 is 1.36 bits per heavy atom. The molecule has 25 heavy (non-hydrogen) atoms. The van der Waals surface area contributed by atoms with Crippen LogP contribution in [0.2, 0.25) is 0 Å². The number of piperidine rings is 1. The topological polar surface area (TPSA) is 50.8 Å². The molecule has 0 saturated carbocycles. The van der Waals surface area contributed by atoms with Crippen LogP contribution in [0.5, 0.6) is 5.75 Å². The second-order valence-corrected chi connectivity index (χ2v) is 6.79. The number of amides is 1. The molecule has 0 bridgehead atoms. The van der Waals surface area contributed by atoms with Gasteiger partial charge in [0.05, 0.1) is 6.10 Å². The van der Waals surface area contributed by atoms with Gasteiger partial charge in [-0.05, 0) is 63.4 Å². The van der Waals surface area contributed by atoms with Crippen LogP contribution in [0.1, 0.15) is 36.0 Å². The number of likely N-dealkylation sites (tertiary alicyclic amines) is 1. The minimum Gasteiger partial charge on any atom is -0.491 e. The van der Waals surface area contributed by atoms with Gasteiger partial charge in [0.2, 0.25) is 0 Å². The maximum Gasteiger partial charge on any atom is 0.253 e. The molecule has 0 aromatic heterocycles. The molecule has 1 aromatic rings. The Morgan fingerprint density at radius 2 is 2.24 bits per heavy atom. The first kappa shape index (κ1) is 20.0. The summed E-state index contributed by atoms with van der Waals surface area (Å²) in [5.74, 6) is 1.41. The lowest BCUT2D eigenvalue weighted by molar-refractivity contribution is 0.0663. The van der Waals surface area contributed by atoms with E-state index in [0.29, 0.717) is 18.1 Å². The number of carbonyl (C=O) groups excluding carboxylic acids is 1. The number of ether oxygens (including phenoxy) is 2. The molecule has 2 fully saturated rings. The fourth-order valence-corrected chi connectivity index (χ4v) is 3.57. The van der Waals surface area contributed by atoms with Crippen LogP contribution in [0, 0.1) is 5.92 Å². The van der Waals surface area contributed by atoms with Crippen molar-refractivity contribution >= 4 is 18.3 Å². The van der Waals surface area contributed by atoms with Gasteiger partial charge in [0, 0.05) is 25.3 Å². The highest BCUT2D eigenvalue weighted by atomic mass is 35.5. The van der Waals surface area contributed by atoms with E-state index in [1.54, 1.807) is 0 Å². The number of hydrogen-bond acceptors (Lipinski definition) is 4. The molecule has 1 N–H and O–H groups in total. The van der Waals surface area contributed by atoms with E-state index >= 15 is 0 Å². The number of rotatable bonds is 6. The van der Waals surface area contributed by atoms with Crippen LogP contribution in [0.4, 0.5) is 0 Å². The van der Waals surface area contributed by atoms with Crippen molar-refractivity contribution in [2.75, 3.05) is 39.9 Å². The maximum atomic E-state index is 12.8. The smallest absolute Gasteiger partial charge is 0.253 e. The van der Waals surface area contributed by atoms with Crippen molar-refractivity contribution in [3.63, 3.8) is 0 Å². The van der Waals surface area contributed by atoms with Gasteiger partial charge >= 0.3 is 0 Å². The van der Waals surface area contributed by atoms with Gasteiger partial charge in [-0.1, -0.05) is 6.07 Å². The molecule has 2 aliphatic rings. The number of halogens is 1. The number of nitrogens with one attached hydrogen (secondary N) is 1. The fraction of sp³-hybridized carbons (Fsp3) is 0.632. The lowest BCUT2D eigenvalue weighted by Crippen LogP contribution is -2.42. The maximum absolute atomic E-state index is 12.8. The molecule has 0 radical (unpaired) electrons. The van der Waals surface area contributed by atoms with Gasteiger partial charge in [0.1, 0.15) is 12.4 Å². The van der Waals surface area contributed by atoms with E-state index in [0.717, 1.165) is 51.3 Å². The summed E-state index contributed by atoms with van der Waals surface area (Å²) in [6.45, 7) is 4.04. The Hall–Kier alpha value is -1.30. The summed E-state index contributed by atoms with van der Waals surface area (Å²) in [5.41, 5.74) is 0.713. The summed E-state index contributed by atoms with van der Waals surface area (Å²) in [6.07, 6.45) is 4.62. The Bertz CT molecular complexity index is 547. The third-order valence-corrected chi connectivity index (χ3v) is 4.84. The van der Waals surface area contributed by atoms with Crippen LogP contribution in [-0.4, -0.2) is 56.8 Å². The number of hydrogen-bond donors (Lipinski definition) is 1. The monoisotopic (exact) mass is 368 g/mol. The summed E-state index contributed by atoms with van der Waals surface area (Å²) in [7, 11) is 1.97. The van der Waals surface area contributed by atoms with Gasteiger partial charge in [0.25, 0.3) is 5.91 Å². The molecule has 2 aliphatic heterocycles. The van der Waals surface area contributed by atoms with Gasteiger partial charge in [-0.2, -0.15) is 0 Å². The van der Waals surface area contributed by atoms with E-state index in [-0.39, 0.29) is 24.4 Å². The second kappa shape index (κ2) is 10.00. The first-order valence-electron chi connectivity index (χ1n) is 9.04. The number of nitrogens with zero attached hydrogens (tertiary/aromatic N) is 1. The van der Waals surface area contributed by atoms with Gasteiger partial charge in [-0.25, -0.2) is 0 Å². The average molecular weight is 369 g/mol. The van der Waals surface area contributed by atoms with E-state index in [2.05, 4.69) is 5.32 Å². The van der Waals surface area contributed by atoms with Gasteiger partial charge < -0.3 is 19.7 Å². The minimum absolute atomic E-state index is 0. The Balaban J connectivity index is 0.00000225. The van der Waals surface area contributed by atoms with E-state index in [9.17, 15) is 4.79 Å². The quantitative estimate of drug-likeness (QED) is 0.838. The molecule has 140 valence electrons. The zero-order valence-corrected chi connectivity index (χ0v) is 15.7. The minimum atomic E-state index is 0. The van der Waals surface area contributed by atoms with Crippen LogP contribution >= 0.6 is 12.4 Å². The number of carbonyl (C=O) groups is 1. The zero-order chi connectivity index (χ0) is 16.8. The normalized spacial score (nSPS) is 23.2. The standard InChI is InChI=1S/C19H28N2O3.ClH/c1-20-12-15-5-3-9-21(13-15)19(22)16-6-2-7-17(11-16)24-14-18-8-4-10-23-18;/h2,6-7,11,15,18,20H,3-5,8-10,12-14H2,1H3;1H. The Labute approximate surface area is 156 Å². The first-order valence-corrected chi connectivity index (χ1v) is 9.04. The van der Waals surface area contributed by atoms with Gasteiger partial charge in [-0.15, -0.1) is 12.4 Å². The summed E-state index contributed by atoms with van der Waals surface area (Å²) in [6, 6.07) is 7.54. The lowest BCUT2D eigenvalue weighted by Gasteiger charge is -2.32. The van der Waals surface area contributed by atoms with Gasteiger partial charge in [0.15, 0.2) is 0 Å². The number of benzene rings is 1. The molecule has 2 saturated heterocycles. The average Bonchev–Trinajstić information content (AvgIpc) is 3.14. The molecule has 3 rings (SSSR count). The van der Waals surface area contributed by atoms with Crippen LogP contribution in [-0.2, 0) is 4.74 Å². The molecular formula is C19H29ClN2O3. The highest BCUT2D eigenvalue weighted by molar-refractivity contribution is 5.94. The largest absolute Gasteiger partial charge is 0.491 e. The Kier molecular flexibility index (Phi) is 8.00. The molecule has 2 unspecified atom stereocenters. The van der Waals surface area contributed by atoms with Crippen LogP contribution in [0.15, 0.2) is 24.3 Å². The van der Waals surface area contributed by atoms with E-state index in [4.69, 9.17) is 9.47 Å². The predicted molar refractivity (Wildman–Crippen MR) is 101 cm³/mol. The third-order valence-electron chi connectivity index (χ3n) is 4.84. The zero-order valence-electron chi connectivity index (χ0n) is 14.9. The second-order valence-electron chi connectivity index (χ2n) is 6.79. The summed E-state index contributed by atoms with van der Waals surface area (Å²) in [4.78, 5) is 14.8. The molecule has 0 spiro atoms. The predicted octanol–water partition coefficient (Wildman–Crippen LogP) is 2.74. The van der Waals surface area contributed by atoms with Crippen molar-refractivity contribution in [1.29, 1.82) is 0 Å². The van der Waals surface area contributed by atoms with Crippen molar-refractivity contribution in [2.24, 2.45) is 5.92 Å². The summed E-state index contributed by atoms with van der Waals surface area (Å²) >= 11 is 0. The molecular weight excluding hydrogens is 340 g/mol. The molecule has 6 heteroatoms. The van der Waals surface area contributed by atoms with Crippen LogP contribution in [0.25, 0.3) is 0 Å². The molecule has 5 nitrogen and oxygen atoms in total. The van der Waals surface area contributed by atoms with E-state index in [1.807, 2.05) is 36.2 Å². The summed E-state index contributed by atoms with van der Waals surface area (Å²) in [5, 5.41) is 3.22. The lowest BCUT2D eigenvalue weighted by atomic mass is 9.97. The molecule has 0 aliphatic carbocycles. The van der Waals surface area contributed by atoms with Crippen LogP contribution < -0.4 is 10.1 Å². The molecule has 1 aromatic carbocycles. The first-order chi connectivity index (χ1) is 11.8. The fourth-order valence-electron chi connectivity index (χ4n) is 3.57. The third kappa shape index (κ3) is 5.59. The summed E-state index contributed by atoms with van der Waals surface area (Å²) < 4.78 is 11.4. The van der Waals surface area contributed by atoms with Crippen molar-refractivity contribution in [3.8, 4) is 5.75 Å². The Morgan fingerprint density at radius 3 is 3.00 bits per heavy atom. The van der Waals surface area contributed by atoms with Crippen molar-refractivity contribution in [2.45, 2.75) is 31.8 Å². The molecule has 1 amide bonds. The van der Waals surface area contributed by atoms with Crippen LogP contribution in [0.3, 0.4) is 0 Å². The highest BCUT2D eigenvalue weighted by Crippen LogP contribution is 2.21. The SMILES string of the molecule is CNCC1CCCN(C(=O)c2cccc(OCC3CCCO3)c2)C1.Cl. The highest BCUT2D eigenvalue weighted by Gasteiger charge is 2.24. The molecule has 2 heterocycles. The van der Waals surface area contributed by atoms with E-state index in [1.165, 1.54) is 6.42 Å². The van der Waals surface area contributed by atoms with Crippen molar-refractivity contribution in [3.05, 3.63) is 29.8 Å². The van der Waals surface area contributed by atoms with Crippen molar-refractivity contribution in [1.82, 2.24) is 10.2 Å². The molecule has 2 atom stereocenters.